The van der Waals surface area contributed by atoms with E-state index in [-0.39, 0.29) is 11.5 Å². The Kier molecular flexibility index (Phi) is 4.12. The second-order valence-corrected chi connectivity index (χ2v) is 4.31. The highest BCUT2D eigenvalue weighted by molar-refractivity contribution is 6.08. The molecule has 0 spiro atoms. The van der Waals surface area contributed by atoms with Gasteiger partial charge in [0.05, 0.1) is 11.3 Å². The zero-order valence-corrected chi connectivity index (χ0v) is 10.9. The Balaban J connectivity index is 2.31. The van der Waals surface area contributed by atoms with Crippen molar-refractivity contribution in [2.75, 3.05) is 5.32 Å². The van der Waals surface area contributed by atoms with Crippen LogP contribution < -0.4 is 10.8 Å². The van der Waals surface area contributed by atoms with Gasteiger partial charge in [0.2, 0.25) is 0 Å². The van der Waals surface area contributed by atoms with Gasteiger partial charge in [-0.25, -0.2) is 5.48 Å². The van der Waals surface area contributed by atoms with Crippen LogP contribution in [0.2, 0.25) is 0 Å². The van der Waals surface area contributed by atoms with Crippen molar-refractivity contribution >= 4 is 17.5 Å². The van der Waals surface area contributed by atoms with E-state index < -0.39 is 5.91 Å². The molecule has 0 aliphatic carbocycles. The Morgan fingerprint density at radius 2 is 1.70 bits per heavy atom. The van der Waals surface area contributed by atoms with E-state index in [0.29, 0.717) is 11.3 Å². The maximum absolute atomic E-state index is 12.1. The molecular formula is C15H14N2O3. The van der Waals surface area contributed by atoms with Crippen LogP contribution in [0.25, 0.3) is 0 Å². The van der Waals surface area contributed by atoms with Crippen molar-refractivity contribution in [2.24, 2.45) is 0 Å². The van der Waals surface area contributed by atoms with E-state index in [1.165, 1.54) is 0 Å². The van der Waals surface area contributed by atoms with Crippen LogP contribution >= 0.6 is 0 Å². The molecule has 102 valence electrons. The number of carbonyl (C=O) groups excluding carboxylic acids is 2. The molecule has 0 fully saturated rings. The van der Waals surface area contributed by atoms with Gasteiger partial charge in [-0.1, -0.05) is 24.3 Å². The van der Waals surface area contributed by atoms with Gasteiger partial charge < -0.3 is 5.32 Å². The predicted molar refractivity (Wildman–Crippen MR) is 74.8 cm³/mol. The van der Waals surface area contributed by atoms with Gasteiger partial charge in [0.25, 0.3) is 11.8 Å². The topological polar surface area (TPSA) is 78.4 Å². The predicted octanol–water partition coefficient (Wildman–Crippen LogP) is 2.37. The first-order chi connectivity index (χ1) is 9.61. The molecule has 3 N–H and O–H groups in total. The molecule has 0 saturated heterocycles. The number of amides is 2. The number of rotatable bonds is 3. The summed E-state index contributed by atoms with van der Waals surface area (Å²) < 4.78 is 0. The third-order valence-corrected chi connectivity index (χ3v) is 2.81. The summed E-state index contributed by atoms with van der Waals surface area (Å²) in [6, 6.07) is 13.6. The molecule has 0 aromatic heterocycles. The summed E-state index contributed by atoms with van der Waals surface area (Å²) in [5.41, 5.74) is 3.49. The molecule has 0 aliphatic rings. The fourth-order valence-electron chi connectivity index (χ4n) is 1.80. The van der Waals surface area contributed by atoms with E-state index >= 15 is 0 Å². The average Bonchev–Trinajstić information content (AvgIpc) is 2.47. The molecule has 0 heterocycles. The number of anilines is 1. The van der Waals surface area contributed by atoms with Gasteiger partial charge in [-0.3, -0.25) is 14.8 Å². The highest BCUT2D eigenvalue weighted by atomic mass is 16.5. The second-order valence-electron chi connectivity index (χ2n) is 4.31. The van der Waals surface area contributed by atoms with Gasteiger partial charge in [-0.2, -0.15) is 0 Å². The van der Waals surface area contributed by atoms with Gasteiger partial charge in [-0.15, -0.1) is 0 Å². The zero-order chi connectivity index (χ0) is 14.5. The standard InChI is InChI=1S/C15H14N2O3/c1-10-7-8-12(15(19)17-20)13(9-10)16-14(18)11-5-3-2-4-6-11/h2-9,20H,1H3,(H,16,18)(H,17,19). The highest BCUT2D eigenvalue weighted by Crippen LogP contribution is 2.18. The van der Waals surface area contributed by atoms with Crippen LogP contribution in [0.3, 0.4) is 0 Å². The quantitative estimate of drug-likeness (QED) is 0.592. The molecule has 0 atom stereocenters. The number of benzene rings is 2. The lowest BCUT2D eigenvalue weighted by molar-refractivity contribution is 0.0707. The van der Waals surface area contributed by atoms with Crippen LogP contribution in [0.4, 0.5) is 5.69 Å². The van der Waals surface area contributed by atoms with E-state index in [2.05, 4.69) is 5.32 Å². The van der Waals surface area contributed by atoms with Crippen molar-refractivity contribution in [3.05, 3.63) is 65.2 Å². The van der Waals surface area contributed by atoms with Crippen LogP contribution in [0.5, 0.6) is 0 Å². The lowest BCUT2D eigenvalue weighted by Gasteiger charge is -2.11. The summed E-state index contributed by atoms with van der Waals surface area (Å²) in [6.07, 6.45) is 0. The van der Waals surface area contributed by atoms with Gasteiger partial charge in [0, 0.05) is 5.56 Å². The van der Waals surface area contributed by atoms with Gasteiger partial charge >= 0.3 is 0 Å². The molecule has 2 aromatic rings. The molecule has 20 heavy (non-hydrogen) atoms. The van der Waals surface area contributed by atoms with Crippen molar-refractivity contribution in [2.45, 2.75) is 6.92 Å². The number of carbonyl (C=O) groups is 2. The molecule has 2 amide bonds. The highest BCUT2D eigenvalue weighted by Gasteiger charge is 2.14. The summed E-state index contributed by atoms with van der Waals surface area (Å²) in [6.45, 7) is 1.85. The minimum absolute atomic E-state index is 0.197. The van der Waals surface area contributed by atoms with Crippen LogP contribution in [0, 0.1) is 6.92 Å². The van der Waals surface area contributed by atoms with Crippen LogP contribution in [0.15, 0.2) is 48.5 Å². The Bertz CT molecular complexity index is 639. The van der Waals surface area contributed by atoms with Crippen molar-refractivity contribution in [1.82, 2.24) is 5.48 Å². The van der Waals surface area contributed by atoms with E-state index in [1.807, 2.05) is 13.0 Å². The largest absolute Gasteiger partial charge is 0.321 e. The first kappa shape index (κ1) is 13.8. The molecule has 0 unspecified atom stereocenters. The van der Waals surface area contributed by atoms with Crippen molar-refractivity contribution < 1.29 is 14.8 Å². The summed E-state index contributed by atoms with van der Waals surface area (Å²) in [5, 5.41) is 11.4. The fraction of sp³-hybridized carbons (Fsp3) is 0.0667. The summed E-state index contributed by atoms with van der Waals surface area (Å²) >= 11 is 0. The summed E-state index contributed by atoms with van der Waals surface area (Å²) in [5.74, 6) is -0.989. The SMILES string of the molecule is Cc1ccc(C(=O)NO)c(NC(=O)c2ccccc2)c1. The number of hydrogen-bond acceptors (Lipinski definition) is 3. The second kappa shape index (κ2) is 5.99. The Morgan fingerprint density at radius 3 is 2.35 bits per heavy atom. The van der Waals surface area contributed by atoms with Crippen molar-refractivity contribution in [3.8, 4) is 0 Å². The van der Waals surface area contributed by atoms with Gasteiger partial charge in [0.1, 0.15) is 0 Å². The smallest absolute Gasteiger partial charge is 0.276 e. The van der Waals surface area contributed by atoms with Gasteiger partial charge in [0.15, 0.2) is 0 Å². The Hall–Kier alpha value is -2.66. The third-order valence-electron chi connectivity index (χ3n) is 2.81. The molecule has 2 aromatic carbocycles. The molecule has 0 aliphatic heterocycles. The average molecular weight is 270 g/mol. The number of hydroxylamine groups is 1. The number of aryl methyl sites for hydroxylation is 1. The third kappa shape index (κ3) is 3.02. The first-order valence-corrected chi connectivity index (χ1v) is 6.03. The lowest BCUT2D eigenvalue weighted by Crippen LogP contribution is -2.22. The molecule has 2 rings (SSSR count). The maximum Gasteiger partial charge on any atom is 0.276 e. The van der Waals surface area contributed by atoms with Crippen LogP contribution in [0.1, 0.15) is 26.3 Å². The molecule has 5 nitrogen and oxygen atoms in total. The summed E-state index contributed by atoms with van der Waals surface area (Å²) in [7, 11) is 0. The Labute approximate surface area is 116 Å². The number of hydrogen-bond donors (Lipinski definition) is 3. The van der Waals surface area contributed by atoms with Crippen molar-refractivity contribution in [1.29, 1.82) is 0 Å². The lowest BCUT2D eigenvalue weighted by atomic mass is 10.1. The van der Waals surface area contributed by atoms with Crippen LogP contribution in [-0.2, 0) is 0 Å². The molecule has 5 heteroatoms. The zero-order valence-electron chi connectivity index (χ0n) is 10.9. The van der Waals surface area contributed by atoms with E-state index in [4.69, 9.17) is 5.21 Å². The van der Waals surface area contributed by atoms with Crippen LogP contribution in [-0.4, -0.2) is 17.0 Å². The molecule has 0 saturated carbocycles. The molecule has 0 radical (unpaired) electrons. The minimum Gasteiger partial charge on any atom is -0.321 e. The van der Waals surface area contributed by atoms with Gasteiger partial charge in [-0.05, 0) is 36.8 Å². The maximum atomic E-state index is 12.1. The molecule has 0 bridgehead atoms. The molecular weight excluding hydrogens is 256 g/mol. The van der Waals surface area contributed by atoms with Crippen molar-refractivity contribution in [3.63, 3.8) is 0 Å². The minimum atomic E-state index is -0.673. The van der Waals surface area contributed by atoms with E-state index in [1.54, 1.807) is 47.9 Å². The summed E-state index contributed by atoms with van der Waals surface area (Å²) in [4.78, 5) is 23.6. The normalized spacial score (nSPS) is 9.90. The monoisotopic (exact) mass is 270 g/mol. The first-order valence-electron chi connectivity index (χ1n) is 6.03. The van der Waals surface area contributed by atoms with E-state index in [9.17, 15) is 9.59 Å². The fourth-order valence-corrected chi connectivity index (χ4v) is 1.80. The Morgan fingerprint density at radius 1 is 1.00 bits per heavy atom. The number of nitrogens with one attached hydrogen (secondary N) is 2. The van der Waals surface area contributed by atoms with E-state index in [0.717, 1.165) is 5.56 Å².